The van der Waals surface area contributed by atoms with Crippen LogP contribution in [0.15, 0.2) is 48.5 Å². The minimum absolute atomic E-state index is 0.0154. The van der Waals surface area contributed by atoms with Crippen molar-refractivity contribution >= 4 is 0 Å². The van der Waals surface area contributed by atoms with Gasteiger partial charge in [-0.25, -0.2) is 4.39 Å². The van der Waals surface area contributed by atoms with E-state index in [4.69, 9.17) is 5.11 Å². The van der Waals surface area contributed by atoms with Crippen LogP contribution in [-0.2, 0) is 6.54 Å². The highest BCUT2D eigenvalue weighted by Gasteiger charge is 2.18. The SMILES string of the molecule is CN(CCO)Cc1c(F)cccc1C(O)c1ccccc1. The molecule has 0 saturated carbocycles. The molecule has 0 fully saturated rings. The van der Waals surface area contributed by atoms with Gasteiger partial charge in [-0.15, -0.1) is 0 Å². The van der Waals surface area contributed by atoms with Crippen molar-refractivity contribution < 1.29 is 14.6 Å². The monoisotopic (exact) mass is 289 g/mol. The number of hydrogen-bond donors (Lipinski definition) is 2. The molecular weight excluding hydrogens is 269 g/mol. The summed E-state index contributed by atoms with van der Waals surface area (Å²) in [5.41, 5.74) is 1.75. The number of rotatable bonds is 6. The molecule has 112 valence electrons. The zero-order valence-corrected chi connectivity index (χ0v) is 12.0. The molecule has 21 heavy (non-hydrogen) atoms. The van der Waals surface area contributed by atoms with E-state index in [2.05, 4.69) is 0 Å². The quantitative estimate of drug-likeness (QED) is 0.858. The highest BCUT2D eigenvalue weighted by molar-refractivity contribution is 5.36. The second kappa shape index (κ2) is 7.31. The van der Waals surface area contributed by atoms with E-state index in [0.29, 0.717) is 24.2 Å². The lowest BCUT2D eigenvalue weighted by Crippen LogP contribution is -2.23. The third kappa shape index (κ3) is 3.88. The third-order valence-electron chi connectivity index (χ3n) is 3.47. The number of nitrogens with zero attached hydrogens (tertiary/aromatic N) is 1. The lowest BCUT2D eigenvalue weighted by Gasteiger charge is -2.21. The molecule has 0 aliphatic carbocycles. The van der Waals surface area contributed by atoms with E-state index in [9.17, 15) is 9.50 Å². The number of benzene rings is 2. The molecule has 0 aromatic heterocycles. The van der Waals surface area contributed by atoms with Crippen LogP contribution in [0.3, 0.4) is 0 Å². The molecule has 0 saturated heterocycles. The summed E-state index contributed by atoms with van der Waals surface area (Å²) in [7, 11) is 1.81. The van der Waals surface area contributed by atoms with Crippen LogP contribution < -0.4 is 0 Å². The van der Waals surface area contributed by atoms with Crippen molar-refractivity contribution in [2.75, 3.05) is 20.2 Å². The lowest BCUT2D eigenvalue weighted by molar-refractivity contribution is 0.204. The van der Waals surface area contributed by atoms with Crippen molar-refractivity contribution in [3.63, 3.8) is 0 Å². The maximum Gasteiger partial charge on any atom is 0.128 e. The van der Waals surface area contributed by atoms with Crippen LogP contribution in [-0.4, -0.2) is 35.3 Å². The van der Waals surface area contributed by atoms with Gasteiger partial charge in [-0.2, -0.15) is 0 Å². The molecule has 2 N–H and O–H groups in total. The molecule has 3 nitrogen and oxygen atoms in total. The Kier molecular flexibility index (Phi) is 5.44. The molecule has 0 aliphatic rings. The van der Waals surface area contributed by atoms with Gasteiger partial charge in [-0.05, 0) is 24.2 Å². The van der Waals surface area contributed by atoms with Crippen molar-refractivity contribution in [2.45, 2.75) is 12.6 Å². The summed E-state index contributed by atoms with van der Waals surface area (Å²) >= 11 is 0. The molecule has 1 atom stereocenters. The lowest BCUT2D eigenvalue weighted by atomic mass is 9.96. The summed E-state index contributed by atoms with van der Waals surface area (Å²) in [5, 5.41) is 19.5. The number of aliphatic hydroxyl groups excluding tert-OH is 2. The van der Waals surface area contributed by atoms with Crippen molar-refractivity contribution in [3.8, 4) is 0 Å². The van der Waals surface area contributed by atoms with Gasteiger partial charge in [-0.3, -0.25) is 4.90 Å². The van der Waals surface area contributed by atoms with Gasteiger partial charge in [0.25, 0.3) is 0 Å². The topological polar surface area (TPSA) is 43.7 Å². The molecule has 0 amide bonds. The third-order valence-corrected chi connectivity index (χ3v) is 3.47. The van der Waals surface area contributed by atoms with Gasteiger partial charge in [0.05, 0.1) is 6.61 Å². The average Bonchev–Trinajstić information content (AvgIpc) is 2.50. The Hall–Kier alpha value is -1.75. The first-order valence-corrected chi connectivity index (χ1v) is 6.93. The van der Waals surface area contributed by atoms with E-state index in [0.717, 1.165) is 5.56 Å². The number of halogens is 1. The molecule has 1 unspecified atom stereocenters. The Morgan fingerprint density at radius 1 is 1.10 bits per heavy atom. The molecule has 2 aromatic carbocycles. The second-order valence-corrected chi connectivity index (χ2v) is 5.08. The fraction of sp³-hybridized carbons (Fsp3) is 0.294. The molecule has 2 aromatic rings. The van der Waals surface area contributed by atoms with Gasteiger partial charge >= 0.3 is 0 Å². The van der Waals surface area contributed by atoms with Crippen molar-refractivity contribution in [3.05, 3.63) is 71.0 Å². The average molecular weight is 289 g/mol. The molecule has 0 radical (unpaired) electrons. The highest BCUT2D eigenvalue weighted by atomic mass is 19.1. The maximum absolute atomic E-state index is 14.1. The normalized spacial score (nSPS) is 12.6. The molecule has 2 rings (SSSR count). The van der Waals surface area contributed by atoms with E-state index in [1.807, 2.05) is 35.2 Å². The minimum atomic E-state index is -0.862. The van der Waals surface area contributed by atoms with E-state index in [-0.39, 0.29) is 12.4 Å². The highest BCUT2D eigenvalue weighted by Crippen LogP contribution is 2.27. The minimum Gasteiger partial charge on any atom is -0.395 e. The van der Waals surface area contributed by atoms with Gasteiger partial charge in [0, 0.05) is 18.7 Å². The summed E-state index contributed by atoms with van der Waals surface area (Å²) < 4.78 is 14.1. The van der Waals surface area contributed by atoms with Crippen molar-refractivity contribution in [1.82, 2.24) is 4.90 Å². The fourth-order valence-corrected chi connectivity index (χ4v) is 2.33. The number of aliphatic hydroxyl groups is 2. The summed E-state index contributed by atoms with van der Waals surface area (Å²) in [6.45, 7) is 0.809. The molecule has 4 heteroatoms. The predicted octanol–water partition coefficient (Wildman–Crippen LogP) is 2.33. The van der Waals surface area contributed by atoms with Gasteiger partial charge in [0.15, 0.2) is 0 Å². The largest absolute Gasteiger partial charge is 0.395 e. The van der Waals surface area contributed by atoms with Crippen LogP contribution in [0.4, 0.5) is 4.39 Å². The molecule has 0 bridgehead atoms. The standard InChI is InChI=1S/C17H20FNO2/c1-19(10-11-20)12-15-14(8-5-9-16(15)18)17(21)13-6-3-2-4-7-13/h2-9,17,20-21H,10-12H2,1H3. The first-order valence-electron chi connectivity index (χ1n) is 6.93. The smallest absolute Gasteiger partial charge is 0.128 e. The zero-order valence-electron chi connectivity index (χ0n) is 12.0. The Labute approximate surface area is 124 Å². The first-order chi connectivity index (χ1) is 10.1. The maximum atomic E-state index is 14.1. The van der Waals surface area contributed by atoms with Crippen LogP contribution in [0, 0.1) is 5.82 Å². The molecule has 0 spiro atoms. The van der Waals surface area contributed by atoms with E-state index < -0.39 is 6.10 Å². The van der Waals surface area contributed by atoms with Crippen LogP contribution in [0.5, 0.6) is 0 Å². The second-order valence-electron chi connectivity index (χ2n) is 5.08. The zero-order chi connectivity index (χ0) is 15.2. The van der Waals surface area contributed by atoms with Crippen molar-refractivity contribution in [2.24, 2.45) is 0 Å². The molecule has 0 aliphatic heterocycles. The van der Waals surface area contributed by atoms with E-state index in [1.165, 1.54) is 6.07 Å². The van der Waals surface area contributed by atoms with E-state index >= 15 is 0 Å². The Balaban J connectivity index is 2.33. The summed E-state index contributed by atoms with van der Waals surface area (Å²) in [5.74, 6) is -0.340. The Morgan fingerprint density at radius 2 is 1.81 bits per heavy atom. The summed E-state index contributed by atoms with van der Waals surface area (Å²) in [6.07, 6.45) is -0.862. The Morgan fingerprint density at radius 3 is 2.48 bits per heavy atom. The summed E-state index contributed by atoms with van der Waals surface area (Å²) in [6, 6.07) is 13.9. The summed E-state index contributed by atoms with van der Waals surface area (Å²) in [4.78, 5) is 1.82. The van der Waals surface area contributed by atoms with Gasteiger partial charge in [-0.1, -0.05) is 42.5 Å². The van der Waals surface area contributed by atoms with E-state index in [1.54, 1.807) is 19.2 Å². The fourth-order valence-electron chi connectivity index (χ4n) is 2.33. The van der Waals surface area contributed by atoms with Crippen LogP contribution >= 0.6 is 0 Å². The van der Waals surface area contributed by atoms with Crippen LogP contribution in [0.2, 0.25) is 0 Å². The molecular formula is C17H20FNO2. The van der Waals surface area contributed by atoms with Crippen LogP contribution in [0.1, 0.15) is 22.8 Å². The predicted molar refractivity (Wildman–Crippen MR) is 80.3 cm³/mol. The van der Waals surface area contributed by atoms with Gasteiger partial charge in [0.1, 0.15) is 11.9 Å². The number of likely N-dealkylation sites (N-methyl/N-ethyl adjacent to an activating group) is 1. The number of hydrogen-bond acceptors (Lipinski definition) is 3. The first kappa shape index (κ1) is 15.6. The van der Waals surface area contributed by atoms with Gasteiger partial charge in [0.2, 0.25) is 0 Å². The van der Waals surface area contributed by atoms with Crippen LogP contribution in [0.25, 0.3) is 0 Å². The van der Waals surface area contributed by atoms with Crippen molar-refractivity contribution in [1.29, 1.82) is 0 Å². The Bertz CT molecular complexity index is 574. The molecule has 0 heterocycles. The van der Waals surface area contributed by atoms with Gasteiger partial charge < -0.3 is 10.2 Å².